The highest BCUT2D eigenvalue weighted by molar-refractivity contribution is 6.15. The van der Waals surface area contributed by atoms with Gasteiger partial charge in [0.2, 0.25) is 5.78 Å². The summed E-state index contributed by atoms with van der Waals surface area (Å²) in [6, 6.07) is 9.20. The van der Waals surface area contributed by atoms with E-state index in [2.05, 4.69) is 36.6 Å². The number of aryl methyl sites for hydroxylation is 2. The molecule has 0 saturated carbocycles. The van der Waals surface area contributed by atoms with Crippen molar-refractivity contribution >= 4 is 22.8 Å². The molecule has 0 fully saturated rings. The average Bonchev–Trinajstić information content (AvgIpc) is 3.17. The number of hydrogen-bond donors (Lipinski definition) is 1. The van der Waals surface area contributed by atoms with Gasteiger partial charge in [0.15, 0.2) is 5.76 Å². The molecule has 1 aliphatic rings. The topological polar surface area (TPSA) is 63.9 Å². The lowest BCUT2D eigenvalue weighted by atomic mass is 10.0. The lowest BCUT2D eigenvalue weighted by Gasteiger charge is -2.12. The van der Waals surface area contributed by atoms with Crippen LogP contribution < -0.4 is 9.47 Å². The molecule has 31 heavy (non-hydrogen) atoms. The number of aromatic hydroxyl groups is 1. The van der Waals surface area contributed by atoms with Crippen molar-refractivity contribution in [1.82, 2.24) is 9.47 Å². The number of methoxy groups -OCH3 is 1. The van der Waals surface area contributed by atoms with Gasteiger partial charge in [-0.25, -0.2) is 0 Å². The lowest BCUT2D eigenvalue weighted by Crippen LogP contribution is -2.15. The molecule has 0 atom stereocenters. The summed E-state index contributed by atoms with van der Waals surface area (Å²) < 4.78 is 13.6. The highest BCUT2D eigenvalue weighted by atomic mass is 16.5. The van der Waals surface area contributed by atoms with E-state index in [-0.39, 0.29) is 17.3 Å². The van der Waals surface area contributed by atoms with E-state index < -0.39 is 0 Å². The van der Waals surface area contributed by atoms with E-state index in [1.807, 2.05) is 18.2 Å². The average molecular weight is 421 g/mol. The SMILES string of the molecule is COc1ccc2c(c1)c(/C=C1\Oc3cc(O)c(C)cc3C1=O)c(C)n2CCCN(C)C. The van der Waals surface area contributed by atoms with E-state index in [1.54, 1.807) is 20.1 Å². The Morgan fingerprint density at radius 3 is 2.68 bits per heavy atom. The Labute approximate surface area is 182 Å². The van der Waals surface area contributed by atoms with Crippen LogP contribution in [0.25, 0.3) is 17.0 Å². The minimum absolute atomic E-state index is 0.117. The van der Waals surface area contributed by atoms with Gasteiger partial charge in [0, 0.05) is 34.8 Å². The van der Waals surface area contributed by atoms with E-state index in [0.717, 1.165) is 47.4 Å². The van der Waals surface area contributed by atoms with E-state index in [1.165, 1.54) is 6.07 Å². The third kappa shape index (κ3) is 3.79. The smallest absolute Gasteiger partial charge is 0.231 e. The zero-order chi connectivity index (χ0) is 22.3. The summed E-state index contributed by atoms with van der Waals surface area (Å²) in [6.07, 6.45) is 2.83. The predicted molar refractivity (Wildman–Crippen MR) is 122 cm³/mol. The number of fused-ring (bicyclic) bond motifs is 2. The van der Waals surface area contributed by atoms with E-state index in [9.17, 15) is 9.90 Å². The summed E-state index contributed by atoms with van der Waals surface area (Å²) in [7, 11) is 5.79. The number of phenolic OH excluding ortho intramolecular Hbond substituents is 1. The highest BCUT2D eigenvalue weighted by Gasteiger charge is 2.29. The molecule has 0 radical (unpaired) electrons. The molecule has 1 aromatic heterocycles. The van der Waals surface area contributed by atoms with Gasteiger partial charge in [0.1, 0.15) is 17.2 Å². The second-order valence-corrected chi connectivity index (χ2v) is 8.27. The molecule has 3 aromatic rings. The number of carbonyl (C=O) groups is 1. The molecule has 0 spiro atoms. The van der Waals surface area contributed by atoms with Gasteiger partial charge in [-0.2, -0.15) is 0 Å². The van der Waals surface area contributed by atoms with Crippen LogP contribution in [-0.4, -0.2) is 48.1 Å². The second kappa shape index (κ2) is 8.12. The number of phenols is 1. The zero-order valence-corrected chi connectivity index (χ0v) is 18.7. The molecular formula is C25H28N2O4. The molecule has 4 rings (SSSR count). The molecule has 162 valence electrons. The number of allylic oxidation sites excluding steroid dienone is 1. The van der Waals surface area contributed by atoms with Gasteiger partial charge in [0.05, 0.1) is 12.7 Å². The summed E-state index contributed by atoms with van der Waals surface area (Å²) in [5.74, 6) is 1.36. The number of ether oxygens (including phenoxy) is 2. The standard InChI is InChI=1S/C25H28N2O4/c1-15-11-20-23(14-22(15)28)31-24(25(20)29)13-18-16(2)27(10-6-9-26(3)4)21-8-7-17(30-5)12-19(18)21/h7-8,11-14,28H,6,9-10H2,1-5H3/b24-13-. The maximum absolute atomic E-state index is 13.0. The Hall–Kier alpha value is -3.25. The van der Waals surface area contributed by atoms with Crippen LogP contribution >= 0.6 is 0 Å². The number of hydrogen-bond acceptors (Lipinski definition) is 5. The number of carbonyl (C=O) groups excluding carboxylic acids is 1. The normalized spacial score (nSPS) is 14.5. The fourth-order valence-electron chi connectivity index (χ4n) is 4.09. The molecule has 0 aliphatic carbocycles. The molecular weight excluding hydrogens is 392 g/mol. The van der Waals surface area contributed by atoms with Gasteiger partial charge in [-0.15, -0.1) is 0 Å². The van der Waals surface area contributed by atoms with Crippen molar-refractivity contribution in [3.05, 3.63) is 58.5 Å². The zero-order valence-electron chi connectivity index (χ0n) is 18.7. The first kappa shape index (κ1) is 21.0. The van der Waals surface area contributed by atoms with Crippen molar-refractivity contribution in [2.24, 2.45) is 0 Å². The van der Waals surface area contributed by atoms with Crippen LogP contribution in [-0.2, 0) is 6.54 Å². The fourth-order valence-corrected chi connectivity index (χ4v) is 4.09. The number of nitrogens with zero attached hydrogens (tertiary/aromatic N) is 2. The predicted octanol–water partition coefficient (Wildman–Crippen LogP) is 4.54. The molecule has 6 heteroatoms. The van der Waals surface area contributed by atoms with E-state index in [0.29, 0.717) is 16.9 Å². The second-order valence-electron chi connectivity index (χ2n) is 8.27. The van der Waals surface area contributed by atoms with Crippen molar-refractivity contribution < 1.29 is 19.4 Å². The Balaban J connectivity index is 1.80. The van der Waals surface area contributed by atoms with Gasteiger partial charge < -0.3 is 24.0 Å². The monoisotopic (exact) mass is 420 g/mol. The van der Waals surface area contributed by atoms with E-state index in [4.69, 9.17) is 9.47 Å². The Morgan fingerprint density at radius 1 is 1.19 bits per heavy atom. The van der Waals surface area contributed by atoms with Crippen LogP contribution in [0.1, 0.15) is 33.6 Å². The minimum Gasteiger partial charge on any atom is -0.508 e. The van der Waals surface area contributed by atoms with Crippen LogP contribution in [0.3, 0.4) is 0 Å². The number of rotatable bonds is 6. The van der Waals surface area contributed by atoms with Crippen molar-refractivity contribution in [3.63, 3.8) is 0 Å². The molecule has 0 saturated heterocycles. The first-order valence-corrected chi connectivity index (χ1v) is 10.4. The van der Waals surface area contributed by atoms with Crippen LogP contribution in [0.2, 0.25) is 0 Å². The van der Waals surface area contributed by atoms with E-state index >= 15 is 0 Å². The summed E-state index contributed by atoms with van der Waals surface area (Å²) in [5, 5.41) is 11.0. The summed E-state index contributed by atoms with van der Waals surface area (Å²) in [5.41, 5.74) is 4.24. The molecule has 1 aliphatic heterocycles. The molecule has 0 bridgehead atoms. The first-order valence-electron chi connectivity index (χ1n) is 10.4. The van der Waals surface area contributed by atoms with Crippen molar-refractivity contribution in [3.8, 4) is 17.2 Å². The summed E-state index contributed by atoms with van der Waals surface area (Å²) >= 11 is 0. The van der Waals surface area contributed by atoms with Crippen LogP contribution in [0, 0.1) is 13.8 Å². The number of benzene rings is 2. The largest absolute Gasteiger partial charge is 0.508 e. The van der Waals surface area contributed by atoms with Crippen LogP contribution in [0.15, 0.2) is 36.1 Å². The van der Waals surface area contributed by atoms with Crippen molar-refractivity contribution in [1.29, 1.82) is 0 Å². The maximum atomic E-state index is 13.0. The Kier molecular flexibility index (Phi) is 5.50. The summed E-state index contributed by atoms with van der Waals surface area (Å²) in [6.45, 7) is 5.70. The maximum Gasteiger partial charge on any atom is 0.231 e. The first-order chi connectivity index (χ1) is 14.8. The van der Waals surface area contributed by atoms with Crippen molar-refractivity contribution in [2.75, 3.05) is 27.7 Å². The molecule has 6 nitrogen and oxygen atoms in total. The molecule has 1 N–H and O–H groups in total. The highest BCUT2D eigenvalue weighted by Crippen LogP contribution is 2.38. The van der Waals surface area contributed by atoms with Crippen LogP contribution in [0.4, 0.5) is 0 Å². The molecule has 0 unspecified atom stereocenters. The van der Waals surface area contributed by atoms with Gasteiger partial charge in [-0.1, -0.05) is 0 Å². The summed E-state index contributed by atoms with van der Waals surface area (Å²) in [4.78, 5) is 15.2. The lowest BCUT2D eigenvalue weighted by molar-refractivity contribution is 0.101. The molecule has 2 heterocycles. The fraction of sp³-hybridized carbons (Fsp3) is 0.320. The Bertz CT molecular complexity index is 1200. The van der Waals surface area contributed by atoms with Gasteiger partial charge in [-0.3, -0.25) is 4.79 Å². The number of Topliss-reactive ketones (excluding diaryl/α,β-unsaturated/α-hetero) is 1. The van der Waals surface area contributed by atoms with Crippen LogP contribution in [0.5, 0.6) is 17.2 Å². The van der Waals surface area contributed by atoms with Gasteiger partial charge in [-0.05, 0) is 76.8 Å². The number of ketones is 1. The van der Waals surface area contributed by atoms with Gasteiger partial charge >= 0.3 is 0 Å². The quantitative estimate of drug-likeness (QED) is 0.593. The third-order valence-corrected chi connectivity index (χ3v) is 5.83. The third-order valence-electron chi connectivity index (χ3n) is 5.83. The minimum atomic E-state index is -0.172. The Morgan fingerprint density at radius 2 is 1.97 bits per heavy atom. The molecule has 2 aromatic carbocycles. The van der Waals surface area contributed by atoms with Gasteiger partial charge in [0.25, 0.3) is 0 Å². The van der Waals surface area contributed by atoms with Crippen molar-refractivity contribution in [2.45, 2.75) is 26.8 Å². The molecule has 0 amide bonds. The number of aromatic nitrogens is 1.